The first-order valence-corrected chi connectivity index (χ1v) is 10.0. The van der Waals surface area contributed by atoms with Crippen LogP contribution in [0.25, 0.3) is 0 Å². The van der Waals surface area contributed by atoms with Gasteiger partial charge in [0, 0.05) is 37.6 Å². The number of amides is 3. The molecule has 0 aromatic heterocycles. The van der Waals surface area contributed by atoms with Crippen LogP contribution < -0.4 is 5.32 Å². The van der Waals surface area contributed by atoms with E-state index in [1.807, 2.05) is 25.1 Å². The van der Waals surface area contributed by atoms with Gasteiger partial charge in [-0.1, -0.05) is 17.7 Å². The normalized spacial score (nSPS) is 33.6. The van der Waals surface area contributed by atoms with Gasteiger partial charge in [-0.15, -0.1) is 0 Å². The third kappa shape index (κ3) is 2.03. The maximum absolute atomic E-state index is 13.5. The average molecular weight is 383 g/mol. The Morgan fingerprint density at radius 1 is 1.25 bits per heavy atom. The molecule has 0 aliphatic carbocycles. The number of carbonyl (C=O) groups excluding carboxylic acids is 3. The van der Waals surface area contributed by atoms with Crippen molar-refractivity contribution in [1.29, 1.82) is 0 Å². The van der Waals surface area contributed by atoms with Crippen molar-refractivity contribution in [2.24, 2.45) is 11.8 Å². The molecule has 28 heavy (non-hydrogen) atoms. The fourth-order valence-corrected chi connectivity index (χ4v) is 5.96. The summed E-state index contributed by atoms with van der Waals surface area (Å²) in [5.41, 5.74) is 1.61. The summed E-state index contributed by atoms with van der Waals surface area (Å²) in [6.45, 7) is 3.57. The molecule has 3 fully saturated rings. The van der Waals surface area contributed by atoms with E-state index in [0.29, 0.717) is 19.6 Å². The Balaban J connectivity index is 1.64. The van der Waals surface area contributed by atoms with Gasteiger partial charge >= 0.3 is 0 Å². The molecule has 3 saturated heterocycles. The number of imide groups is 1. The summed E-state index contributed by atoms with van der Waals surface area (Å²) in [7, 11) is 1.61. The molecule has 5 rings (SSSR count). The molecular weight excluding hydrogens is 358 g/mol. The topological polar surface area (TPSA) is 79.0 Å². The molecular formula is C21H25N3O4. The molecule has 3 amide bonds. The number of hydrogen-bond acceptors (Lipinski definition) is 5. The second-order valence-electron chi connectivity index (χ2n) is 8.35. The third-order valence-corrected chi connectivity index (χ3v) is 6.97. The van der Waals surface area contributed by atoms with Crippen LogP contribution in [0.5, 0.6) is 0 Å². The number of fused-ring (bicyclic) bond motifs is 7. The minimum atomic E-state index is -1.06. The van der Waals surface area contributed by atoms with E-state index in [2.05, 4.69) is 10.2 Å². The van der Waals surface area contributed by atoms with Gasteiger partial charge in [-0.25, -0.2) is 0 Å². The van der Waals surface area contributed by atoms with E-state index < -0.39 is 17.4 Å². The highest BCUT2D eigenvalue weighted by Gasteiger charge is 2.74. The molecule has 4 unspecified atom stereocenters. The number of methoxy groups -OCH3 is 1. The summed E-state index contributed by atoms with van der Waals surface area (Å²) in [5, 5.41) is 3.00. The Labute approximate surface area is 164 Å². The Hall–Kier alpha value is -2.25. The zero-order valence-corrected chi connectivity index (χ0v) is 16.2. The van der Waals surface area contributed by atoms with Gasteiger partial charge in [-0.2, -0.15) is 0 Å². The van der Waals surface area contributed by atoms with E-state index in [4.69, 9.17) is 4.74 Å². The van der Waals surface area contributed by atoms with Gasteiger partial charge < -0.3 is 10.1 Å². The second kappa shape index (κ2) is 6.12. The summed E-state index contributed by atoms with van der Waals surface area (Å²) in [6, 6.07) is 5.83. The highest BCUT2D eigenvalue weighted by atomic mass is 16.5. The van der Waals surface area contributed by atoms with Crippen molar-refractivity contribution < 1.29 is 19.1 Å². The highest BCUT2D eigenvalue weighted by Crippen LogP contribution is 2.60. The van der Waals surface area contributed by atoms with E-state index in [0.717, 1.165) is 36.2 Å². The van der Waals surface area contributed by atoms with Crippen molar-refractivity contribution in [3.63, 3.8) is 0 Å². The molecule has 1 spiro atoms. The summed E-state index contributed by atoms with van der Waals surface area (Å²) in [5.74, 6) is -1.56. The maximum Gasteiger partial charge on any atom is 0.250 e. The molecule has 1 aromatic rings. The molecule has 1 aromatic carbocycles. The quantitative estimate of drug-likeness (QED) is 0.626. The van der Waals surface area contributed by atoms with Crippen LogP contribution in [0.3, 0.4) is 0 Å². The Morgan fingerprint density at radius 2 is 2.07 bits per heavy atom. The first-order chi connectivity index (χ1) is 13.5. The smallest absolute Gasteiger partial charge is 0.250 e. The molecule has 148 valence electrons. The average Bonchev–Trinajstić information content (AvgIpc) is 3.36. The van der Waals surface area contributed by atoms with Gasteiger partial charge in [0.05, 0.1) is 11.8 Å². The Morgan fingerprint density at radius 3 is 2.86 bits per heavy atom. The van der Waals surface area contributed by atoms with Gasteiger partial charge in [0.1, 0.15) is 5.54 Å². The fourth-order valence-electron chi connectivity index (χ4n) is 5.96. The van der Waals surface area contributed by atoms with Crippen LogP contribution in [0.1, 0.15) is 30.4 Å². The lowest BCUT2D eigenvalue weighted by molar-refractivity contribution is -0.145. The van der Waals surface area contributed by atoms with Crippen LogP contribution in [-0.4, -0.2) is 60.4 Å². The molecule has 4 heterocycles. The third-order valence-electron chi connectivity index (χ3n) is 6.97. The van der Waals surface area contributed by atoms with Crippen molar-refractivity contribution in [2.45, 2.75) is 37.8 Å². The number of anilines is 1. The van der Waals surface area contributed by atoms with Crippen LogP contribution in [-0.2, 0) is 24.7 Å². The first-order valence-electron chi connectivity index (χ1n) is 10.0. The maximum atomic E-state index is 13.5. The lowest BCUT2D eigenvalue weighted by Crippen LogP contribution is -2.54. The van der Waals surface area contributed by atoms with Crippen LogP contribution in [0.4, 0.5) is 5.69 Å². The zero-order valence-electron chi connectivity index (χ0n) is 16.2. The monoisotopic (exact) mass is 383 g/mol. The van der Waals surface area contributed by atoms with Gasteiger partial charge in [0.15, 0.2) is 0 Å². The molecule has 4 aliphatic rings. The number of ether oxygens (including phenoxy) is 1. The molecule has 0 bridgehead atoms. The molecule has 0 radical (unpaired) electrons. The fraction of sp³-hybridized carbons (Fsp3) is 0.571. The molecule has 4 atom stereocenters. The Bertz CT molecular complexity index is 884. The van der Waals surface area contributed by atoms with E-state index >= 15 is 0 Å². The van der Waals surface area contributed by atoms with E-state index in [1.165, 1.54) is 4.90 Å². The van der Waals surface area contributed by atoms with Crippen molar-refractivity contribution in [3.05, 3.63) is 29.3 Å². The number of aryl methyl sites for hydroxylation is 1. The minimum absolute atomic E-state index is 0.0499. The van der Waals surface area contributed by atoms with Crippen molar-refractivity contribution in [2.75, 3.05) is 32.1 Å². The van der Waals surface area contributed by atoms with Crippen LogP contribution >= 0.6 is 0 Å². The predicted octanol–water partition coefficient (Wildman–Crippen LogP) is 1.26. The van der Waals surface area contributed by atoms with E-state index in [1.54, 1.807) is 7.11 Å². The SMILES string of the molecule is COCCCN1C(=O)C2C3CCCN3C3(C(=O)Nc4ccc(C)cc43)C2C1=O. The number of benzene rings is 1. The number of nitrogens with one attached hydrogen (secondary N) is 1. The number of hydrogen-bond donors (Lipinski definition) is 1. The molecule has 7 heteroatoms. The van der Waals surface area contributed by atoms with Crippen LogP contribution in [0, 0.1) is 18.8 Å². The van der Waals surface area contributed by atoms with E-state index in [9.17, 15) is 14.4 Å². The highest BCUT2D eigenvalue weighted by molar-refractivity contribution is 6.15. The first kappa shape index (κ1) is 17.8. The number of rotatable bonds is 4. The van der Waals surface area contributed by atoms with E-state index in [-0.39, 0.29) is 23.8 Å². The number of likely N-dealkylation sites (tertiary alicyclic amines) is 1. The Kier molecular flexibility index (Phi) is 3.90. The molecule has 7 nitrogen and oxygen atoms in total. The summed E-state index contributed by atoms with van der Waals surface area (Å²) in [4.78, 5) is 43.7. The largest absolute Gasteiger partial charge is 0.385 e. The summed E-state index contributed by atoms with van der Waals surface area (Å²) >= 11 is 0. The standard InChI is InChI=1S/C21H25N3O4/c1-12-6-7-14-13(11-12)21(20(27)22-14)17-16(15-5-3-9-24(15)21)18(25)23(19(17)26)8-4-10-28-2/h6-7,11,15-17H,3-5,8-10H2,1-2H3,(H,22,27). The lowest BCUT2D eigenvalue weighted by Gasteiger charge is -2.36. The van der Waals surface area contributed by atoms with Crippen molar-refractivity contribution in [3.8, 4) is 0 Å². The molecule has 0 saturated carbocycles. The van der Waals surface area contributed by atoms with Gasteiger partial charge in [0.2, 0.25) is 17.7 Å². The van der Waals surface area contributed by atoms with Crippen molar-refractivity contribution in [1.82, 2.24) is 9.80 Å². The zero-order chi connectivity index (χ0) is 19.6. The van der Waals surface area contributed by atoms with Gasteiger partial charge in [0.25, 0.3) is 0 Å². The lowest BCUT2D eigenvalue weighted by atomic mass is 9.75. The van der Waals surface area contributed by atoms with Crippen molar-refractivity contribution >= 4 is 23.4 Å². The van der Waals surface area contributed by atoms with Gasteiger partial charge in [-0.3, -0.25) is 24.2 Å². The van der Waals surface area contributed by atoms with Crippen LogP contribution in [0.2, 0.25) is 0 Å². The molecule has 4 aliphatic heterocycles. The van der Waals surface area contributed by atoms with Crippen LogP contribution in [0.15, 0.2) is 18.2 Å². The number of carbonyl (C=O) groups is 3. The predicted molar refractivity (Wildman–Crippen MR) is 101 cm³/mol. The molecule has 1 N–H and O–H groups in total. The summed E-state index contributed by atoms with van der Waals surface area (Å²) < 4.78 is 5.08. The summed E-state index contributed by atoms with van der Waals surface area (Å²) in [6.07, 6.45) is 2.40. The minimum Gasteiger partial charge on any atom is -0.385 e. The number of nitrogens with zero attached hydrogens (tertiary/aromatic N) is 2. The second-order valence-corrected chi connectivity index (χ2v) is 8.35. The van der Waals surface area contributed by atoms with Gasteiger partial charge in [-0.05, 0) is 38.8 Å².